The molecule has 0 aromatic rings. The summed E-state index contributed by atoms with van der Waals surface area (Å²) in [5.74, 6) is 1.33. The predicted octanol–water partition coefficient (Wildman–Crippen LogP) is 5.22. The molecule has 2 saturated carbocycles. The van der Waals surface area contributed by atoms with Gasteiger partial charge in [0.25, 0.3) is 0 Å². The van der Waals surface area contributed by atoms with Gasteiger partial charge < -0.3 is 35.4 Å². The average molecular weight is 741 g/mol. The van der Waals surface area contributed by atoms with Crippen LogP contribution in [0.1, 0.15) is 124 Å². The number of piperidine rings is 4. The first kappa shape index (κ1) is 38.9. The highest BCUT2D eigenvalue weighted by Crippen LogP contribution is 2.38. The highest BCUT2D eigenvalue weighted by Gasteiger charge is 2.45. The first-order valence-electron chi connectivity index (χ1n) is 21.9. The number of carbonyl (C=O) groups excluding carboxylic acids is 3. The molecule has 0 aromatic heterocycles. The molecule has 53 heavy (non-hydrogen) atoms. The Hall–Kier alpha value is -2.31. The molecule has 0 spiro atoms. The molecular formula is C41H72N8O4. The van der Waals surface area contributed by atoms with Gasteiger partial charge in [-0.05, 0) is 123 Å². The third-order valence-electron chi connectivity index (χ3n) is 15.2. The topological polar surface area (TPSA) is 113 Å². The molecule has 6 saturated heterocycles. The van der Waals surface area contributed by atoms with Gasteiger partial charge in [-0.25, -0.2) is 14.4 Å². The Bertz CT molecular complexity index is 1240. The van der Waals surface area contributed by atoms with Crippen molar-refractivity contribution in [3.05, 3.63) is 0 Å². The molecule has 12 heteroatoms. The van der Waals surface area contributed by atoms with Crippen LogP contribution >= 0.6 is 0 Å². The van der Waals surface area contributed by atoms with Gasteiger partial charge in [-0.15, -0.1) is 0 Å². The van der Waals surface area contributed by atoms with E-state index in [2.05, 4.69) is 49.4 Å². The van der Waals surface area contributed by atoms with Gasteiger partial charge in [0, 0.05) is 87.6 Å². The summed E-state index contributed by atoms with van der Waals surface area (Å²) in [6, 6.07) is 2.18. The summed E-state index contributed by atoms with van der Waals surface area (Å²) >= 11 is 0. The van der Waals surface area contributed by atoms with Crippen LogP contribution < -0.4 is 16.0 Å². The van der Waals surface area contributed by atoms with Crippen LogP contribution in [0.3, 0.4) is 0 Å². The molecular weight excluding hydrogens is 669 g/mol. The third-order valence-corrected chi connectivity index (χ3v) is 15.2. The number of rotatable bonds is 5. The van der Waals surface area contributed by atoms with Crippen molar-refractivity contribution in [2.75, 3.05) is 72.1 Å². The van der Waals surface area contributed by atoms with E-state index in [9.17, 15) is 14.4 Å². The Morgan fingerprint density at radius 1 is 0.642 bits per heavy atom. The summed E-state index contributed by atoms with van der Waals surface area (Å²) in [6.45, 7) is 17.1. The van der Waals surface area contributed by atoms with Crippen LogP contribution in [0.25, 0.3) is 0 Å². The molecule has 0 bridgehead atoms. The second kappa shape index (κ2) is 17.2. The van der Waals surface area contributed by atoms with E-state index in [-0.39, 0.29) is 23.7 Å². The number of hydrogen-bond donors (Lipinski definition) is 3. The summed E-state index contributed by atoms with van der Waals surface area (Å²) < 4.78 is 5.16. The van der Waals surface area contributed by atoms with E-state index in [1.165, 1.54) is 64.2 Å². The molecule has 300 valence electrons. The summed E-state index contributed by atoms with van der Waals surface area (Å²) in [5, 5.41) is 9.82. The summed E-state index contributed by atoms with van der Waals surface area (Å²) in [4.78, 5) is 49.0. The minimum absolute atomic E-state index is 0.144. The standard InChI is InChI=1S/C22H38N4O3.C19H34N4O/c1-3-29-21(28)24-14-10-22(2,11-15-24)25-12-8-18(9-13-25)26-19-7-5-4-6-17(19)16-23-20(26)27;1-19(8-10-20-11-9-19)22-12-6-16(7-13-22)23-17-5-3-2-4-15(17)14-21-18(23)24/h17-19H,3-16H2,1-2H3,(H,23,27);15-17,20H,2-14H2,1H3,(H,21,24)/t17-,19+;15-,17+/m11/s1. The lowest BCUT2D eigenvalue weighted by atomic mass is 9.80. The van der Waals surface area contributed by atoms with Crippen molar-refractivity contribution in [3.63, 3.8) is 0 Å². The minimum atomic E-state index is -0.175. The van der Waals surface area contributed by atoms with Crippen molar-refractivity contribution in [2.45, 2.75) is 159 Å². The number of ether oxygens (including phenoxy) is 1. The summed E-state index contributed by atoms with van der Waals surface area (Å²) in [7, 11) is 0. The lowest BCUT2D eigenvalue weighted by molar-refractivity contribution is -0.0106. The smallest absolute Gasteiger partial charge is 0.409 e. The van der Waals surface area contributed by atoms with Crippen LogP contribution in [0.4, 0.5) is 14.4 Å². The lowest BCUT2D eigenvalue weighted by Crippen LogP contribution is -2.64. The maximum Gasteiger partial charge on any atom is 0.409 e. The molecule has 12 nitrogen and oxygen atoms in total. The Kier molecular flexibility index (Phi) is 12.7. The van der Waals surface area contributed by atoms with E-state index < -0.39 is 0 Å². The van der Waals surface area contributed by atoms with E-state index in [0.29, 0.717) is 48.1 Å². The molecule has 0 unspecified atom stereocenters. The van der Waals surface area contributed by atoms with Gasteiger partial charge in [-0.3, -0.25) is 9.80 Å². The minimum Gasteiger partial charge on any atom is -0.450 e. The van der Waals surface area contributed by atoms with Crippen LogP contribution in [0.2, 0.25) is 0 Å². The van der Waals surface area contributed by atoms with Crippen LogP contribution in [0, 0.1) is 11.8 Å². The van der Waals surface area contributed by atoms with Gasteiger partial charge >= 0.3 is 18.2 Å². The zero-order valence-corrected chi connectivity index (χ0v) is 33.4. The monoisotopic (exact) mass is 741 g/mol. The number of nitrogens with zero attached hydrogens (tertiary/aromatic N) is 5. The Morgan fingerprint density at radius 2 is 1.08 bits per heavy atom. The number of nitrogens with one attached hydrogen (secondary N) is 3. The van der Waals surface area contributed by atoms with Crippen LogP contribution in [0.5, 0.6) is 0 Å². The molecule has 4 atom stereocenters. The van der Waals surface area contributed by atoms with Crippen molar-refractivity contribution in [1.82, 2.24) is 40.4 Å². The maximum absolute atomic E-state index is 12.7. The first-order chi connectivity index (χ1) is 25.7. The SMILES string of the molecule is CC1(N2CCC(N3C(=O)NC[C@H]4CCCC[C@@H]43)CC2)CCNCC1.CCOC(=O)N1CCC(C)(N2CCC(N3C(=O)NC[C@H]4CCCC[C@@H]43)CC2)CC1. The molecule has 8 fully saturated rings. The fourth-order valence-electron chi connectivity index (χ4n) is 11.7. The number of urea groups is 2. The molecule has 2 aliphatic carbocycles. The molecule has 8 rings (SSSR count). The number of likely N-dealkylation sites (tertiary alicyclic amines) is 3. The predicted molar refractivity (Wildman–Crippen MR) is 208 cm³/mol. The van der Waals surface area contributed by atoms with Crippen LogP contribution in [0.15, 0.2) is 0 Å². The van der Waals surface area contributed by atoms with Crippen molar-refractivity contribution in [2.24, 2.45) is 11.8 Å². The molecule has 3 N–H and O–H groups in total. The van der Waals surface area contributed by atoms with Crippen molar-refractivity contribution < 1.29 is 19.1 Å². The Morgan fingerprint density at radius 3 is 1.53 bits per heavy atom. The van der Waals surface area contributed by atoms with Crippen molar-refractivity contribution in [1.29, 1.82) is 0 Å². The highest BCUT2D eigenvalue weighted by molar-refractivity contribution is 5.76. The van der Waals surface area contributed by atoms with Crippen LogP contribution in [-0.2, 0) is 4.74 Å². The maximum atomic E-state index is 12.7. The third kappa shape index (κ3) is 8.59. The first-order valence-corrected chi connectivity index (χ1v) is 21.9. The van der Waals surface area contributed by atoms with E-state index in [4.69, 9.17) is 4.74 Å². The number of amides is 5. The van der Waals surface area contributed by atoms with Gasteiger partial charge in [-0.1, -0.05) is 25.7 Å². The average Bonchev–Trinajstić information content (AvgIpc) is 3.19. The van der Waals surface area contributed by atoms with Gasteiger partial charge in [0.1, 0.15) is 0 Å². The zero-order chi connectivity index (χ0) is 37.0. The quantitative estimate of drug-likeness (QED) is 0.355. The normalized spacial score (nSPS) is 33.1. The molecule has 0 radical (unpaired) electrons. The van der Waals surface area contributed by atoms with Gasteiger partial charge in [0.2, 0.25) is 0 Å². The summed E-state index contributed by atoms with van der Waals surface area (Å²) in [5.41, 5.74) is 0.513. The van der Waals surface area contributed by atoms with E-state index in [0.717, 1.165) is 104 Å². The molecule has 8 aliphatic rings. The molecule has 5 amide bonds. The number of hydrogen-bond acceptors (Lipinski definition) is 7. The molecule has 0 aromatic carbocycles. The van der Waals surface area contributed by atoms with E-state index in [1.54, 1.807) is 0 Å². The lowest BCUT2D eigenvalue weighted by Gasteiger charge is -2.52. The van der Waals surface area contributed by atoms with Gasteiger partial charge in [-0.2, -0.15) is 0 Å². The molecule has 6 heterocycles. The molecule has 6 aliphatic heterocycles. The van der Waals surface area contributed by atoms with Gasteiger partial charge in [0.05, 0.1) is 6.61 Å². The Labute approximate surface area is 319 Å². The summed E-state index contributed by atoms with van der Waals surface area (Å²) in [6.07, 6.45) is 18.9. The van der Waals surface area contributed by atoms with Crippen molar-refractivity contribution in [3.8, 4) is 0 Å². The second-order valence-corrected chi connectivity index (χ2v) is 18.3. The fraction of sp³-hybridized carbons (Fsp3) is 0.927. The largest absolute Gasteiger partial charge is 0.450 e. The van der Waals surface area contributed by atoms with E-state index in [1.807, 2.05) is 11.8 Å². The van der Waals surface area contributed by atoms with Crippen LogP contribution in [-0.4, -0.2) is 150 Å². The Balaban J connectivity index is 0.000000167. The van der Waals surface area contributed by atoms with E-state index >= 15 is 0 Å². The highest BCUT2D eigenvalue weighted by atomic mass is 16.6. The second-order valence-electron chi connectivity index (χ2n) is 18.3. The van der Waals surface area contributed by atoms with Gasteiger partial charge in [0.15, 0.2) is 0 Å². The van der Waals surface area contributed by atoms with Crippen molar-refractivity contribution >= 4 is 18.2 Å². The number of fused-ring (bicyclic) bond motifs is 2. The fourth-order valence-corrected chi connectivity index (χ4v) is 11.7. The number of carbonyl (C=O) groups is 3. The zero-order valence-electron chi connectivity index (χ0n) is 33.4.